The molecule has 1 aliphatic carbocycles. The van der Waals surface area contributed by atoms with Crippen LogP contribution in [0.5, 0.6) is 5.19 Å². The zero-order chi connectivity index (χ0) is 24.8. The van der Waals surface area contributed by atoms with E-state index in [4.69, 9.17) is 9.26 Å². The lowest BCUT2D eigenvalue weighted by atomic mass is 9.84. The van der Waals surface area contributed by atoms with Gasteiger partial charge in [-0.2, -0.15) is 8.78 Å². The lowest BCUT2D eigenvalue weighted by molar-refractivity contribution is -0.121. The van der Waals surface area contributed by atoms with Crippen molar-refractivity contribution >= 4 is 17.2 Å². The van der Waals surface area contributed by atoms with Crippen LogP contribution in [0.15, 0.2) is 23.2 Å². The number of ether oxygens (including phenoxy) is 1. The monoisotopic (exact) mass is 508 g/mol. The lowest BCUT2D eigenvalue weighted by Crippen LogP contribution is -2.39. The van der Waals surface area contributed by atoms with Gasteiger partial charge in [0.1, 0.15) is 5.76 Å². The Balaban J connectivity index is 1.13. The minimum Gasteiger partial charge on any atom is -0.463 e. The molecule has 1 saturated carbocycles. The van der Waals surface area contributed by atoms with Gasteiger partial charge in [0.25, 0.3) is 11.1 Å². The average Bonchev–Trinajstić information content (AvgIpc) is 3.38. The molecule has 0 radical (unpaired) electrons. The fraction of sp³-hybridized carbons (Fsp3) is 0.640. The second-order valence-corrected chi connectivity index (χ2v) is 10.7. The van der Waals surface area contributed by atoms with Crippen LogP contribution in [0.1, 0.15) is 54.1 Å². The number of hydrogen-bond donors (Lipinski definition) is 1. The van der Waals surface area contributed by atoms with E-state index in [1.165, 1.54) is 11.3 Å². The van der Waals surface area contributed by atoms with Crippen molar-refractivity contribution in [3.05, 3.63) is 40.7 Å². The summed E-state index contributed by atoms with van der Waals surface area (Å²) in [5.74, 6) is -1.75. The summed E-state index contributed by atoms with van der Waals surface area (Å²) < 4.78 is 37.0. The van der Waals surface area contributed by atoms with E-state index in [0.29, 0.717) is 22.9 Å². The number of alkyl halides is 2. The smallest absolute Gasteiger partial charge is 0.299 e. The topological polar surface area (TPSA) is 80.5 Å². The number of carbonyl (C=O) groups excluding carboxylic acids is 1. The number of thiazole rings is 1. The maximum atomic E-state index is 13.3. The number of halogens is 2. The number of fused-ring (bicyclic) bond motifs is 1. The Bertz CT molecular complexity index is 975. The largest absolute Gasteiger partial charge is 0.463 e. The third-order valence-electron chi connectivity index (χ3n) is 6.84. The van der Waals surface area contributed by atoms with Crippen LogP contribution < -0.4 is 10.1 Å². The third-order valence-corrected chi connectivity index (χ3v) is 7.91. The summed E-state index contributed by atoms with van der Waals surface area (Å²) in [6, 6.07) is 2.04. The molecule has 1 aliphatic heterocycles. The fourth-order valence-corrected chi connectivity index (χ4v) is 5.73. The molecule has 1 N–H and O–H groups in total. The quantitative estimate of drug-likeness (QED) is 0.481. The first-order chi connectivity index (χ1) is 16.8. The van der Waals surface area contributed by atoms with E-state index < -0.39 is 12.5 Å². The number of amides is 1. The molecule has 0 spiro atoms. The minimum absolute atomic E-state index is 0.00165. The predicted molar refractivity (Wildman–Crippen MR) is 130 cm³/mol. The van der Waals surface area contributed by atoms with Gasteiger partial charge in [-0.15, -0.1) is 0 Å². The van der Waals surface area contributed by atoms with Crippen LogP contribution in [-0.4, -0.2) is 59.2 Å². The van der Waals surface area contributed by atoms with Gasteiger partial charge < -0.3 is 19.5 Å². The molecule has 35 heavy (non-hydrogen) atoms. The maximum absolute atomic E-state index is 13.3. The summed E-state index contributed by atoms with van der Waals surface area (Å²) in [7, 11) is 0. The number of aromatic nitrogens is 2. The second-order valence-electron chi connectivity index (χ2n) is 9.63. The minimum atomic E-state index is -3.04. The van der Waals surface area contributed by atoms with Gasteiger partial charge in [-0.3, -0.25) is 4.79 Å². The highest BCUT2D eigenvalue weighted by atomic mass is 32.1. The van der Waals surface area contributed by atoms with Gasteiger partial charge in [-0.1, -0.05) is 23.1 Å². The zero-order valence-electron chi connectivity index (χ0n) is 20.2. The standard InChI is InChI=1S/C25H34F2N4O3S/c1-3-25(26,27)16-33-24-29-21-9-12-31(13-10-22(21)35-24)11-8-18-4-6-19(7-5-18)28-23(32)15-20-14-17(2)30-34-20/h3,14,18-19H,1,4-13,15-16H2,2H3,(H,28,32). The van der Waals surface area contributed by atoms with Crippen molar-refractivity contribution in [2.24, 2.45) is 5.92 Å². The van der Waals surface area contributed by atoms with Gasteiger partial charge in [-0.05, 0) is 64.0 Å². The summed E-state index contributed by atoms with van der Waals surface area (Å²) >= 11 is 1.38. The van der Waals surface area contributed by atoms with Crippen molar-refractivity contribution < 1.29 is 22.8 Å². The Labute approximate surface area is 208 Å². The van der Waals surface area contributed by atoms with Gasteiger partial charge in [0, 0.05) is 36.5 Å². The molecule has 192 valence electrons. The molecule has 0 aromatic carbocycles. The molecular weight excluding hydrogens is 474 g/mol. The normalized spacial score (nSPS) is 21.2. The van der Waals surface area contributed by atoms with E-state index in [-0.39, 0.29) is 18.4 Å². The summed E-state index contributed by atoms with van der Waals surface area (Å²) in [5, 5.41) is 7.29. The summed E-state index contributed by atoms with van der Waals surface area (Å²) in [6.07, 6.45) is 7.98. The van der Waals surface area contributed by atoms with Crippen molar-refractivity contribution in [1.29, 1.82) is 0 Å². The second kappa shape index (κ2) is 11.6. The predicted octanol–water partition coefficient (Wildman–Crippen LogP) is 4.35. The van der Waals surface area contributed by atoms with E-state index in [1.54, 1.807) is 6.07 Å². The van der Waals surface area contributed by atoms with Crippen LogP contribution in [0.2, 0.25) is 0 Å². The maximum Gasteiger partial charge on any atom is 0.299 e. The SMILES string of the molecule is C=CC(F)(F)COc1nc2c(s1)CCN(CCC1CCC(NC(=O)Cc3cc(C)no3)CC1)CC2. The molecule has 3 heterocycles. The van der Waals surface area contributed by atoms with Crippen molar-refractivity contribution in [3.63, 3.8) is 0 Å². The first-order valence-corrected chi connectivity index (χ1v) is 13.2. The number of nitrogens with zero attached hydrogens (tertiary/aromatic N) is 3. The number of rotatable bonds is 10. The van der Waals surface area contributed by atoms with E-state index >= 15 is 0 Å². The first kappa shape index (κ1) is 25.8. The molecule has 2 aliphatic rings. The molecule has 4 rings (SSSR count). The molecule has 0 bridgehead atoms. The highest BCUT2D eigenvalue weighted by Gasteiger charge is 2.27. The van der Waals surface area contributed by atoms with Gasteiger partial charge in [0.15, 0.2) is 6.61 Å². The average molecular weight is 509 g/mol. The van der Waals surface area contributed by atoms with Crippen molar-refractivity contribution in [2.75, 3.05) is 26.2 Å². The third kappa shape index (κ3) is 7.57. The highest BCUT2D eigenvalue weighted by molar-refractivity contribution is 7.13. The zero-order valence-corrected chi connectivity index (χ0v) is 21.0. The van der Waals surface area contributed by atoms with E-state index in [9.17, 15) is 13.6 Å². The molecule has 0 atom stereocenters. The Kier molecular flexibility index (Phi) is 8.54. The van der Waals surface area contributed by atoms with Crippen molar-refractivity contribution in [2.45, 2.75) is 70.3 Å². The molecule has 2 aromatic rings. The van der Waals surface area contributed by atoms with E-state index in [1.807, 2.05) is 6.92 Å². The molecule has 10 heteroatoms. The van der Waals surface area contributed by atoms with Crippen molar-refractivity contribution in [1.82, 2.24) is 20.4 Å². The van der Waals surface area contributed by atoms with Crippen molar-refractivity contribution in [3.8, 4) is 5.19 Å². The molecule has 1 fully saturated rings. The highest BCUT2D eigenvalue weighted by Crippen LogP contribution is 2.31. The van der Waals surface area contributed by atoms with Gasteiger partial charge in [0.2, 0.25) is 5.91 Å². The number of aryl methyl sites for hydroxylation is 1. The Morgan fingerprint density at radius 1 is 1.34 bits per heavy atom. The lowest BCUT2D eigenvalue weighted by Gasteiger charge is -2.30. The molecule has 7 nitrogen and oxygen atoms in total. The molecule has 0 saturated heterocycles. The van der Waals surface area contributed by atoms with Gasteiger partial charge in [-0.25, -0.2) is 4.98 Å². The molecule has 2 aromatic heterocycles. The molecular formula is C25H34F2N4O3S. The Hall–Kier alpha value is -2.33. The van der Waals surface area contributed by atoms with Crippen LogP contribution in [-0.2, 0) is 24.1 Å². The van der Waals surface area contributed by atoms with Crippen LogP contribution in [0, 0.1) is 12.8 Å². The first-order valence-electron chi connectivity index (χ1n) is 12.4. The van der Waals surface area contributed by atoms with Gasteiger partial charge in [0.05, 0.1) is 17.8 Å². The number of hydrogen-bond acceptors (Lipinski definition) is 7. The van der Waals surface area contributed by atoms with Crippen LogP contribution >= 0.6 is 11.3 Å². The summed E-state index contributed by atoms with van der Waals surface area (Å²) in [6.45, 7) is 7.18. The molecule has 0 unspecified atom stereocenters. The Morgan fingerprint density at radius 3 is 2.83 bits per heavy atom. The fourth-order valence-electron chi connectivity index (χ4n) is 4.79. The molecule has 1 amide bonds. The summed E-state index contributed by atoms with van der Waals surface area (Å²) in [4.78, 5) is 20.3. The van der Waals surface area contributed by atoms with Crippen LogP contribution in [0.25, 0.3) is 0 Å². The van der Waals surface area contributed by atoms with E-state index in [2.05, 4.69) is 26.9 Å². The number of carbonyl (C=O) groups is 1. The summed E-state index contributed by atoms with van der Waals surface area (Å²) in [5.41, 5.74) is 1.76. The number of nitrogens with one attached hydrogen (secondary N) is 1. The Morgan fingerprint density at radius 2 is 2.11 bits per heavy atom. The van der Waals surface area contributed by atoms with Crippen LogP contribution in [0.3, 0.4) is 0 Å². The van der Waals surface area contributed by atoms with Gasteiger partial charge >= 0.3 is 0 Å². The van der Waals surface area contributed by atoms with E-state index in [0.717, 1.165) is 80.8 Å². The van der Waals surface area contributed by atoms with Crippen LogP contribution in [0.4, 0.5) is 8.78 Å².